The number of alkyl halides is 2. The van der Waals surface area contributed by atoms with Crippen molar-refractivity contribution in [3.8, 4) is 6.07 Å². The van der Waals surface area contributed by atoms with Gasteiger partial charge in [0.05, 0.1) is 5.56 Å². The quantitative estimate of drug-likeness (QED) is 0.733. The number of nitrogens with one attached hydrogen (secondary N) is 1. The molecule has 0 aliphatic carbocycles. The van der Waals surface area contributed by atoms with Crippen molar-refractivity contribution in [2.45, 2.75) is 13.0 Å². The van der Waals surface area contributed by atoms with Gasteiger partial charge < -0.3 is 10.7 Å². The van der Waals surface area contributed by atoms with E-state index in [9.17, 15) is 13.6 Å². The maximum atomic E-state index is 12.4. The molecule has 3 N–H and O–H groups in total. The van der Waals surface area contributed by atoms with Crippen molar-refractivity contribution in [3.63, 3.8) is 0 Å². The Bertz CT molecular complexity index is 433. The highest BCUT2D eigenvalue weighted by molar-refractivity contribution is 5.29. The number of aromatic nitrogens is 1. The lowest BCUT2D eigenvalue weighted by Crippen LogP contribution is -2.17. The van der Waals surface area contributed by atoms with E-state index in [0.717, 1.165) is 6.07 Å². The van der Waals surface area contributed by atoms with Crippen LogP contribution in [0.1, 0.15) is 23.4 Å². The first-order chi connectivity index (χ1) is 6.60. The van der Waals surface area contributed by atoms with Crippen LogP contribution in [-0.2, 0) is 6.54 Å². The number of nitriles is 1. The number of aromatic amines is 1. The van der Waals surface area contributed by atoms with Crippen LogP contribution in [0.15, 0.2) is 10.9 Å². The number of nitrogens with two attached hydrogens (primary N) is 1. The minimum atomic E-state index is -2.88. The second kappa shape index (κ2) is 3.98. The van der Waals surface area contributed by atoms with Gasteiger partial charge in [-0.25, -0.2) is 8.78 Å². The summed E-state index contributed by atoms with van der Waals surface area (Å²) in [6, 6.07) is 2.49. The van der Waals surface area contributed by atoms with E-state index in [1.165, 1.54) is 0 Å². The molecule has 1 heterocycles. The number of pyridine rings is 1. The van der Waals surface area contributed by atoms with Gasteiger partial charge in [0, 0.05) is 18.3 Å². The first-order valence-electron chi connectivity index (χ1n) is 3.74. The molecule has 0 amide bonds. The number of hydrogen-bond acceptors (Lipinski definition) is 3. The lowest BCUT2D eigenvalue weighted by atomic mass is 10.1. The SMILES string of the molecule is N#Cc1cc(=O)c(C(F)F)c(CN)[nH]1. The molecule has 4 nitrogen and oxygen atoms in total. The first kappa shape index (κ1) is 10.3. The summed E-state index contributed by atoms with van der Waals surface area (Å²) in [5.41, 5.74) is 3.48. The highest BCUT2D eigenvalue weighted by Crippen LogP contribution is 2.17. The van der Waals surface area contributed by atoms with Crippen LogP contribution in [0.3, 0.4) is 0 Å². The standard InChI is InChI=1S/C8H7F2N3O/c9-8(10)7-5(3-12)13-4(2-11)1-6(7)14/h1,8H,3,12H2,(H,13,14). The van der Waals surface area contributed by atoms with Crippen LogP contribution in [0.25, 0.3) is 0 Å². The van der Waals surface area contributed by atoms with Gasteiger partial charge >= 0.3 is 0 Å². The zero-order valence-corrected chi connectivity index (χ0v) is 7.05. The summed E-state index contributed by atoms with van der Waals surface area (Å²) in [6.45, 7) is -0.232. The third-order valence-electron chi connectivity index (χ3n) is 1.69. The van der Waals surface area contributed by atoms with E-state index in [2.05, 4.69) is 4.98 Å². The van der Waals surface area contributed by atoms with Gasteiger partial charge in [-0.2, -0.15) is 5.26 Å². The summed E-state index contributed by atoms with van der Waals surface area (Å²) < 4.78 is 24.7. The molecule has 0 aliphatic heterocycles. The summed E-state index contributed by atoms with van der Waals surface area (Å²) in [4.78, 5) is 13.5. The number of hydrogen-bond donors (Lipinski definition) is 2. The average Bonchev–Trinajstić information content (AvgIpc) is 2.15. The normalized spacial score (nSPS) is 10.2. The van der Waals surface area contributed by atoms with E-state index < -0.39 is 17.4 Å². The zero-order valence-electron chi connectivity index (χ0n) is 7.05. The fourth-order valence-corrected chi connectivity index (χ4v) is 1.08. The van der Waals surface area contributed by atoms with Crippen LogP contribution in [0, 0.1) is 11.3 Å². The summed E-state index contributed by atoms with van der Waals surface area (Å²) in [5.74, 6) is 0. The molecule has 0 aromatic carbocycles. The molecule has 14 heavy (non-hydrogen) atoms. The topological polar surface area (TPSA) is 82.7 Å². The molecule has 0 saturated carbocycles. The van der Waals surface area contributed by atoms with Gasteiger partial charge in [0.15, 0.2) is 5.43 Å². The van der Waals surface area contributed by atoms with E-state index in [1.54, 1.807) is 6.07 Å². The molecular weight excluding hydrogens is 192 g/mol. The van der Waals surface area contributed by atoms with Crippen molar-refractivity contribution < 1.29 is 8.78 Å². The van der Waals surface area contributed by atoms with Crippen LogP contribution < -0.4 is 11.2 Å². The number of rotatable bonds is 2. The number of nitrogens with zero attached hydrogens (tertiary/aromatic N) is 1. The summed E-state index contributed by atoms with van der Waals surface area (Å²) in [6.07, 6.45) is -2.88. The maximum absolute atomic E-state index is 12.4. The zero-order chi connectivity index (χ0) is 10.7. The van der Waals surface area contributed by atoms with E-state index in [0.29, 0.717) is 0 Å². The summed E-state index contributed by atoms with van der Waals surface area (Å²) >= 11 is 0. The van der Waals surface area contributed by atoms with Gasteiger partial charge in [-0.15, -0.1) is 0 Å². The maximum Gasteiger partial charge on any atom is 0.269 e. The number of H-pyrrole nitrogens is 1. The Kier molecular flexibility index (Phi) is 2.94. The molecule has 1 rings (SSSR count). The van der Waals surface area contributed by atoms with Crippen molar-refractivity contribution >= 4 is 0 Å². The van der Waals surface area contributed by atoms with E-state index in [1.807, 2.05) is 0 Å². The third kappa shape index (κ3) is 1.78. The molecule has 0 aliphatic rings. The smallest absolute Gasteiger partial charge is 0.269 e. The first-order valence-corrected chi connectivity index (χ1v) is 3.74. The molecule has 0 atom stereocenters. The highest BCUT2D eigenvalue weighted by Gasteiger charge is 2.17. The molecule has 74 valence electrons. The Balaban J connectivity index is 3.45. The molecule has 0 bridgehead atoms. The molecule has 0 saturated heterocycles. The van der Waals surface area contributed by atoms with Crippen molar-refractivity contribution in [1.29, 1.82) is 5.26 Å². The van der Waals surface area contributed by atoms with Crippen molar-refractivity contribution in [1.82, 2.24) is 4.98 Å². The highest BCUT2D eigenvalue weighted by atomic mass is 19.3. The van der Waals surface area contributed by atoms with Gasteiger partial charge in [0.1, 0.15) is 11.8 Å². The Labute approximate surface area is 78.0 Å². The van der Waals surface area contributed by atoms with Gasteiger partial charge in [0.2, 0.25) is 0 Å². The van der Waals surface area contributed by atoms with E-state index in [4.69, 9.17) is 11.0 Å². The predicted molar refractivity (Wildman–Crippen MR) is 44.6 cm³/mol. The average molecular weight is 199 g/mol. The van der Waals surface area contributed by atoms with Crippen LogP contribution in [0.4, 0.5) is 8.78 Å². The Morgan fingerprint density at radius 1 is 1.64 bits per heavy atom. The largest absolute Gasteiger partial charge is 0.349 e. The summed E-state index contributed by atoms with van der Waals surface area (Å²) in [5, 5.41) is 8.46. The Morgan fingerprint density at radius 3 is 2.71 bits per heavy atom. The Morgan fingerprint density at radius 2 is 2.29 bits per heavy atom. The van der Waals surface area contributed by atoms with E-state index in [-0.39, 0.29) is 17.9 Å². The Hall–Kier alpha value is -1.74. The minimum absolute atomic E-state index is 0.0696. The van der Waals surface area contributed by atoms with Gasteiger partial charge in [0.25, 0.3) is 6.43 Å². The molecule has 1 aromatic rings. The van der Waals surface area contributed by atoms with Gasteiger partial charge in [-0.3, -0.25) is 4.79 Å². The van der Waals surface area contributed by atoms with Crippen LogP contribution in [-0.4, -0.2) is 4.98 Å². The molecular formula is C8H7F2N3O. The fraction of sp³-hybridized carbons (Fsp3) is 0.250. The molecule has 0 radical (unpaired) electrons. The number of halogens is 2. The lowest BCUT2D eigenvalue weighted by molar-refractivity contribution is 0.148. The predicted octanol–water partition coefficient (Wildman–Crippen LogP) is 0.643. The van der Waals surface area contributed by atoms with E-state index >= 15 is 0 Å². The third-order valence-corrected chi connectivity index (χ3v) is 1.69. The van der Waals surface area contributed by atoms with Gasteiger partial charge in [-0.1, -0.05) is 0 Å². The molecule has 0 fully saturated rings. The lowest BCUT2D eigenvalue weighted by Gasteiger charge is -2.05. The van der Waals surface area contributed by atoms with Crippen LogP contribution in [0.5, 0.6) is 0 Å². The monoisotopic (exact) mass is 199 g/mol. The molecule has 6 heteroatoms. The molecule has 1 aromatic heterocycles. The van der Waals surface area contributed by atoms with Crippen molar-refractivity contribution in [3.05, 3.63) is 33.2 Å². The van der Waals surface area contributed by atoms with Crippen molar-refractivity contribution in [2.75, 3.05) is 0 Å². The van der Waals surface area contributed by atoms with Gasteiger partial charge in [-0.05, 0) is 0 Å². The second-order valence-corrected chi connectivity index (χ2v) is 2.56. The van der Waals surface area contributed by atoms with Crippen LogP contribution >= 0.6 is 0 Å². The molecule has 0 spiro atoms. The second-order valence-electron chi connectivity index (χ2n) is 2.56. The fourth-order valence-electron chi connectivity index (χ4n) is 1.08. The summed E-state index contributed by atoms with van der Waals surface area (Å²) in [7, 11) is 0. The van der Waals surface area contributed by atoms with Crippen molar-refractivity contribution in [2.24, 2.45) is 5.73 Å². The van der Waals surface area contributed by atoms with Crippen LogP contribution in [0.2, 0.25) is 0 Å². The molecule has 0 unspecified atom stereocenters. The minimum Gasteiger partial charge on any atom is -0.349 e.